The van der Waals surface area contributed by atoms with Crippen molar-refractivity contribution < 1.29 is 9.26 Å². The van der Waals surface area contributed by atoms with Gasteiger partial charge in [0, 0.05) is 29.5 Å². The van der Waals surface area contributed by atoms with Crippen molar-refractivity contribution in [3.8, 4) is 0 Å². The number of methoxy groups -OCH3 is 1. The van der Waals surface area contributed by atoms with Crippen LogP contribution >= 0.6 is 23.2 Å². The smallest absolute Gasteiger partial charge is 0.230 e. The molecule has 1 aromatic carbocycles. The monoisotopic (exact) mass is 312 g/mol. The minimum atomic E-state index is 0.272. The summed E-state index contributed by atoms with van der Waals surface area (Å²) in [6, 6.07) is 5.63. The van der Waals surface area contributed by atoms with Gasteiger partial charge in [0.05, 0.1) is 6.61 Å². The lowest BCUT2D eigenvalue weighted by Crippen LogP contribution is -1.96. The lowest BCUT2D eigenvalue weighted by atomic mass is 10.1. The van der Waals surface area contributed by atoms with Gasteiger partial charge in [-0.05, 0) is 36.1 Å². The summed E-state index contributed by atoms with van der Waals surface area (Å²) in [7, 11) is 1.65. The number of hydrogen-bond acceptors (Lipinski definition) is 4. The first-order valence-electron chi connectivity index (χ1n) is 6.45. The number of ether oxygens (including phenoxy) is 1. The number of aromatic nitrogens is 2. The van der Waals surface area contributed by atoms with Gasteiger partial charge in [-0.25, -0.2) is 0 Å². The summed E-state index contributed by atoms with van der Waals surface area (Å²) < 4.78 is 10.3. The molecule has 1 aliphatic carbocycles. The van der Waals surface area contributed by atoms with Crippen molar-refractivity contribution in [1.82, 2.24) is 10.1 Å². The van der Waals surface area contributed by atoms with Crippen molar-refractivity contribution in [2.45, 2.75) is 24.7 Å². The molecule has 0 radical (unpaired) electrons. The molecule has 1 fully saturated rings. The van der Waals surface area contributed by atoms with E-state index in [4.69, 9.17) is 32.5 Å². The van der Waals surface area contributed by atoms with E-state index < -0.39 is 0 Å². The van der Waals surface area contributed by atoms with Crippen LogP contribution in [0.5, 0.6) is 0 Å². The summed E-state index contributed by atoms with van der Waals surface area (Å²) in [5.74, 6) is 2.02. The van der Waals surface area contributed by atoms with Gasteiger partial charge in [0.15, 0.2) is 5.82 Å². The SMILES string of the molecule is COCCc1noc([C@@H]2C[C@@H]2c2cc(Cl)cc(Cl)c2)n1. The molecule has 0 unspecified atom stereocenters. The van der Waals surface area contributed by atoms with Gasteiger partial charge < -0.3 is 9.26 Å². The van der Waals surface area contributed by atoms with Crippen LogP contribution in [0.15, 0.2) is 22.7 Å². The standard InChI is InChI=1S/C14H14Cl2N2O2/c1-19-3-2-13-17-14(20-18-13)12-7-11(12)8-4-9(15)6-10(16)5-8/h4-6,11-12H,2-3,7H2,1H3/t11-,12-/m1/s1. The molecule has 3 rings (SSSR count). The maximum Gasteiger partial charge on any atom is 0.230 e. The van der Waals surface area contributed by atoms with Crippen LogP contribution < -0.4 is 0 Å². The molecule has 1 heterocycles. The van der Waals surface area contributed by atoms with E-state index in [1.54, 1.807) is 13.2 Å². The Morgan fingerprint density at radius 1 is 1.25 bits per heavy atom. The number of nitrogens with zero attached hydrogens (tertiary/aromatic N) is 2. The van der Waals surface area contributed by atoms with Crippen LogP contribution in [-0.4, -0.2) is 23.9 Å². The lowest BCUT2D eigenvalue weighted by Gasteiger charge is -2.01. The highest BCUT2D eigenvalue weighted by atomic mass is 35.5. The third-order valence-electron chi connectivity index (χ3n) is 3.43. The molecule has 4 nitrogen and oxygen atoms in total. The van der Waals surface area contributed by atoms with Crippen molar-refractivity contribution in [1.29, 1.82) is 0 Å². The zero-order valence-electron chi connectivity index (χ0n) is 11.0. The second kappa shape index (κ2) is 5.72. The normalized spacial score (nSPS) is 21.1. The summed E-state index contributed by atoms with van der Waals surface area (Å²) in [4.78, 5) is 4.41. The average Bonchev–Trinajstić information content (AvgIpc) is 3.07. The van der Waals surface area contributed by atoms with Crippen LogP contribution in [0.3, 0.4) is 0 Å². The van der Waals surface area contributed by atoms with Gasteiger partial charge in [-0.2, -0.15) is 4.98 Å². The zero-order chi connectivity index (χ0) is 14.1. The molecule has 106 valence electrons. The highest BCUT2D eigenvalue weighted by Gasteiger charge is 2.43. The van der Waals surface area contributed by atoms with Crippen LogP contribution in [-0.2, 0) is 11.2 Å². The van der Waals surface area contributed by atoms with E-state index >= 15 is 0 Å². The highest BCUT2D eigenvalue weighted by Crippen LogP contribution is 2.54. The summed E-state index contributed by atoms with van der Waals surface area (Å²) in [5, 5.41) is 5.27. The Morgan fingerprint density at radius 3 is 2.70 bits per heavy atom. The van der Waals surface area contributed by atoms with E-state index in [9.17, 15) is 0 Å². The molecule has 1 aliphatic rings. The van der Waals surface area contributed by atoms with Crippen molar-refractivity contribution in [2.75, 3.05) is 13.7 Å². The van der Waals surface area contributed by atoms with Gasteiger partial charge in [-0.15, -0.1) is 0 Å². The Hall–Kier alpha value is -1.10. The Kier molecular flexibility index (Phi) is 3.96. The maximum atomic E-state index is 6.03. The van der Waals surface area contributed by atoms with Crippen LogP contribution in [0.4, 0.5) is 0 Å². The fourth-order valence-corrected chi connectivity index (χ4v) is 2.88. The molecule has 0 bridgehead atoms. The molecule has 20 heavy (non-hydrogen) atoms. The van der Waals surface area contributed by atoms with Gasteiger partial charge in [0.25, 0.3) is 0 Å². The Morgan fingerprint density at radius 2 is 2.00 bits per heavy atom. The Balaban J connectivity index is 1.70. The topological polar surface area (TPSA) is 48.2 Å². The zero-order valence-corrected chi connectivity index (χ0v) is 12.5. The second-order valence-electron chi connectivity index (χ2n) is 4.94. The number of halogens is 2. The van der Waals surface area contributed by atoms with E-state index in [2.05, 4.69) is 10.1 Å². The van der Waals surface area contributed by atoms with E-state index in [-0.39, 0.29) is 5.92 Å². The highest BCUT2D eigenvalue weighted by molar-refractivity contribution is 6.34. The molecule has 1 saturated carbocycles. The summed E-state index contributed by atoms with van der Waals surface area (Å²) in [6.07, 6.45) is 1.66. The van der Waals surface area contributed by atoms with Gasteiger partial charge in [0.1, 0.15) is 0 Å². The molecule has 2 aromatic rings. The Bertz CT molecular complexity index is 595. The minimum Gasteiger partial charge on any atom is -0.384 e. The molecule has 1 aromatic heterocycles. The molecule has 0 spiro atoms. The van der Waals surface area contributed by atoms with E-state index in [0.29, 0.717) is 40.7 Å². The van der Waals surface area contributed by atoms with Crippen molar-refractivity contribution >= 4 is 23.2 Å². The molecule has 6 heteroatoms. The molecular formula is C14H14Cl2N2O2. The predicted molar refractivity (Wildman–Crippen MR) is 76.4 cm³/mol. The Labute approximate surface area is 127 Å². The van der Waals surface area contributed by atoms with Crippen LogP contribution in [0.25, 0.3) is 0 Å². The fraction of sp³-hybridized carbons (Fsp3) is 0.429. The van der Waals surface area contributed by atoms with Crippen LogP contribution in [0.2, 0.25) is 10.0 Å². The predicted octanol–water partition coefficient (Wildman–Crippen LogP) is 3.84. The van der Waals surface area contributed by atoms with Crippen LogP contribution in [0.1, 0.15) is 35.5 Å². The first-order chi connectivity index (χ1) is 9.67. The largest absolute Gasteiger partial charge is 0.384 e. The number of benzene rings is 1. The summed E-state index contributed by atoms with van der Waals surface area (Å²) >= 11 is 12.1. The van der Waals surface area contributed by atoms with E-state index in [1.165, 1.54) is 0 Å². The minimum absolute atomic E-state index is 0.272. The quantitative estimate of drug-likeness (QED) is 0.841. The first-order valence-corrected chi connectivity index (χ1v) is 7.20. The third kappa shape index (κ3) is 2.97. The van der Waals surface area contributed by atoms with Gasteiger partial charge >= 0.3 is 0 Å². The summed E-state index contributed by atoms with van der Waals surface area (Å²) in [6.45, 7) is 0.594. The van der Waals surface area contributed by atoms with Gasteiger partial charge in [-0.1, -0.05) is 28.4 Å². The maximum absolute atomic E-state index is 6.03. The molecule has 0 aliphatic heterocycles. The molecule has 0 saturated heterocycles. The van der Waals surface area contributed by atoms with Gasteiger partial charge in [0.2, 0.25) is 5.89 Å². The molecule has 0 amide bonds. The fourth-order valence-electron chi connectivity index (χ4n) is 2.34. The molecule has 2 atom stereocenters. The average molecular weight is 313 g/mol. The lowest BCUT2D eigenvalue weighted by molar-refractivity contribution is 0.199. The van der Waals surface area contributed by atoms with Gasteiger partial charge in [-0.3, -0.25) is 0 Å². The van der Waals surface area contributed by atoms with E-state index in [1.807, 2.05) is 12.1 Å². The van der Waals surface area contributed by atoms with E-state index in [0.717, 1.165) is 12.0 Å². The molecular weight excluding hydrogens is 299 g/mol. The third-order valence-corrected chi connectivity index (χ3v) is 3.87. The van der Waals surface area contributed by atoms with Crippen LogP contribution in [0, 0.1) is 0 Å². The van der Waals surface area contributed by atoms with Crippen molar-refractivity contribution in [3.63, 3.8) is 0 Å². The second-order valence-corrected chi connectivity index (χ2v) is 5.82. The summed E-state index contributed by atoms with van der Waals surface area (Å²) in [5.41, 5.74) is 1.13. The molecule has 0 N–H and O–H groups in total. The number of rotatable bonds is 5. The number of hydrogen-bond donors (Lipinski definition) is 0. The first kappa shape index (κ1) is 13.9. The van der Waals surface area contributed by atoms with Crippen molar-refractivity contribution in [3.05, 3.63) is 45.5 Å². The van der Waals surface area contributed by atoms with Crippen molar-refractivity contribution in [2.24, 2.45) is 0 Å².